The Hall–Kier alpha value is -0.810. The van der Waals surface area contributed by atoms with Gasteiger partial charge in [-0.1, -0.05) is 0 Å². The van der Waals surface area contributed by atoms with Gasteiger partial charge in [-0.05, 0) is 27.8 Å². The molecule has 2 saturated heterocycles. The molecule has 18 heavy (non-hydrogen) atoms. The molecule has 2 rings (SSSR count). The standard InChI is InChI=1S/C13H24N2O3/c1-13(2,3)18-12(16)15-6-10(7-15)5-14(4)11-8-17-9-11/h10-11H,5-9H2,1-4H3. The second kappa shape index (κ2) is 5.05. The molecule has 2 fully saturated rings. The van der Waals surface area contributed by atoms with Gasteiger partial charge in [-0.25, -0.2) is 4.79 Å². The fraction of sp³-hybridized carbons (Fsp3) is 0.923. The lowest BCUT2D eigenvalue weighted by atomic mass is 9.99. The first-order chi connectivity index (χ1) is 8.35. The second-order valence-corrected chi connectivity index (χ2v) is 6.38. The van der Waals surface area contributed by atoms with E-state index >= 15 is 0 Å². The van der Waals surface area contributed by atoms with Crippen molar-refractivity contribution in [2.75, 3.05) is 39.9 Å². The van der Waals surface area contributed by atoms with Gasteiger partial charge in [-0.3, -0.25) is 4.90 Å². The van der Waals surface area contributed by atoms with E-state index in [1.165, 1.54) is 0 Å². The van der Waals surface area contributed by atoms with Crippen molar-refractivity contribution < 1.29 is 14.3 Å². The number of carbonyl (C=O) groups is 1. The van der Waals surface area contributed by atoms with E-state index in [0.717, 1.165) is 32.8 Å². The zero-order chi connectivity index (χ0) is 13.3. The SMILES string of the molecule is CN(CC1CN(C(=O)OC(C)(C)C)C1)C1COC1. The summed E-state index contributed by atoms with van der Waals surface area (Å²) in [7, 11) is 2.13. The fourth-order valence-electron chi connectivity index (χ4n) is 2.19. The number of hydrogen-bond acceptors (Lipinski definition) is 4. The Morgan fingerprint density at radius 2 is 2.00 bits per heavy atom. The molecule has 0 radical (unpaired) electrons. The van der Waals surface area contributed by atoms with Gasteiger partial charge in [-0.15, -0.1) is 0 Å². The van der Waals surface area contributed by atoms with Crippen LogP contribution in [0.5, 0.6) is 0 Å². The molecule has 0 aliphatic carbocycles. The Morgan fingerprint density at radius 3 is 2.44 bits per heavy atom. The molecule has 0 unspecified atom stereocenters. The molecule has 104 valence electrons. The van der Waals surface area contributed by atoms with Crippen LogP contribution >= 0.6 is 0 Å². The molecule has 5 nitrogen and oxygen atoms in total. The van der Waals surface area contributed by atoms with Gasteiger partial charge in [0.1, 0.15) is 5.60 Å². The molecule has 0 spiro atoms. The van der Waals surface area contributed by atoms with Crippen LogP contribution in [-0.2, 0) is 9.47 Å². The number of hydrogen-bond donors (Lipinski definition) is 0. The molecule has 5 heteroatoms. The number of carbonyl (C=O) groups excluding carboxylic acids is 1. The van der Waals surface area contributed by atoms with Crippen molar-refractivity contribution >= 4 is 6.09 Å². The maximum atomic E-state index is 11.7. The predicted molar refractivity (Wildman–Crippen MR) is 68.5 cm³/mol. The van der Waals surface area contributed by atoms with E-state index in [1.54, 1.807) is 4.90 Å². The summed E-state index contributed by atoms with van der Waals surface area (Å²) in [5, 5.41) is 0. The maximum Gasteiger partial charge on any atom is 0.410 e. The lowest BCUT2D eigenvalue weighted by Gasteiger charge is -2.43. The Balaban J connectivity index is 1.65. The molecule has 0 saturated carbocycles. The number of rotatable bonds is 3. The van der Waals surface area contributed by atoms with Gasteiger partial charge in [0.15, 0.2) is 0 Å². The highest BCUT2D eigenvalue weighted by atomic mass is 16.6. The molecule has 0 N–H and O–H groups in total. The van der Waals surface area contributed by atoms with Crippen LogP contribution in [0.15, 0.2) is 0 Å². The van der Waals surface area contributed by atoms with Crippen LogP contribution in [0, 0.1) is 5.92 Å². The van der Waals surface area contributed by atoms with Crippen LogP contribution in [0.3, 0.4) is 0 Å². The number of ether oxygens (including phenoxy) is 2. The van der Waals surface area contributed by atoms with Crippen molar-refractivity contribution in [1.82, 2.24) is 9.80 Å². The van der Waals surface area contributed by atoms with Gasteiger partial charge >= 0.3 is 6.09 Å². The van der Waals surface area contributed by atoms with Crippen molar-refractivity contribution in [3.05, 3.63) is 0 Å². The Morgan fingerprint density at radius 1 is 1.39 bits per heavy atom. The zero-order valence-corrected chi connectivity index (χ0v) is 11.8. The number of likely N-dealkylation sites (N-methyl/N-ethyl adjacent to an activating group) is 1. The zero-order valence-electron chi connectivity index (χ0n) is 11.8. The summed E-state index contributed by atoms with van der Waals surface area (Å²) in [6, 6.07) is 0.570. The van der Waals surface area contributed by atoms with E-state index in [-0.39, 0.29) is 6.09 Å². The fourth-order valence-corrected chi connectivity index (χ4v) is 2.19. The van der Waals surface area contributed by atoms with Gasteiger partial charge < -0.3 is 14.4 Å². The van der Waals surface area contributed by atoms with Gasteiger partial charge in [0.25, 0.3) is 0 Å². The first kappa shape index (κ1) is 13.6. The van der Waals surface area contributed by atoms with E-state index in [1.807, 2.05) is 20.8 Å². The number of likely N-dealkylation sites (tertiary alicyclic amines) is 1. The third-order valence-corrected chi connectivity index (χ3v) is 3.40. The molecular weight excluding hydrogens is 232 g/mol. The van der Waals surface area contributed by atoms with Gasteiger partial charge in [0.05, 0.1) is 19.3 Å². The van der Waals surface area contributed by atoms with Crippen LogP contribution in [-0.4, -0.2) is 67.4 Å². The molecule has 2 aliphatic heterocycles. The van der Waals surface area contributed by atoms with E-state index < -0.39 is 5.60 Å². The average Bonchev–Trinajstić information content (AvgIpc) is 2.03. The number of amides is 1. The molecule has 0 aromatic rings. The van der Waals surface area contributed by atoms with Crippen molar-refractivity contribution in [2.24, 2.45) is 5.92 Å². The van der Waals surface area contributed by atoms with Crippen molar-refractivity contribution in [1.29, 1.82) is 0 Å². The summed E-state index contributed by atoms with van der Waals surface area (Å²) in [5.74, 6) is 0.572. The maximum absolute atomic E-state index is 11.7. The number of nitrogens with zero attached hydrogens (tertiary/aromatic N) is 2. The Bertz CT molecular complexity index is 304. The van der Waals surface area contributed by atoms with E-state index in [4.69, 9.17) is 9.47 Å². The summed E-state index contributed by atoms with van der Waals surface area (Å²) in [5.41, 5.74) is -0.401. The highest BCUT2D eigenvalue weighted by Gasteiger charge is 2.35. The monoisotopic (exact) mass is 256 g/mol. The summed E-state index contributed by atoms with van der Waals surface area (Å²) >= 11 is 0. The lowest BCUT2D eigenvalue weighted by molar-refractivity contribution is -0.0686. The second-order valence-electron chi connectivity index (χ2n) is 6.38. The lowest BCUT2D eigenvalue weighted by Crippen LogP contribution is -2.57. The van der Waals surface area contributed by atoms with Crippen molar-refractivity contribution in [2.45, 2.75) is 32.4 Å². The molecule has 0 aromatic heterocycles. The minimum absolute atomic E-state index is 0.187. The largest absolute Gasteiger partial charge is 0.444 e. The smallest absolute Gasteiger partial charge is 0.410 e. The molecule has 0 aromatic carbocycles. The molecule has 1 amide bonds. The average molecular weight is 256 g/mol. The van der Waals surface area contributed by atoms with E-state index in [9.17, 15) is 4.79 Å². The third kappa shape index (κ3) is 3.36. The quantitative estimate of drug-likeness (QED) is 0.760. The van der Waals surface area contributed by atoms with E-state index in [0.29, 0.717) is 12.0 Å². The van der Waals surface area contributed by atoms with Crippen molar-refractivity contribution in [3.63, 3.8) is 0 Å². The summed E-state index contributed by atoms with van der Waals surface area (Å²) in [6.45, 7) is 10.0. The third-order valence-electron chi connectivity index (χ3n) is 3.40. The molecular formula is C13H24N2O3. The highest BCUT2D eigenvalue weighted by Crippen LogP contribution is 2.21. The minimum atomic E-state index is -0.401. The predicted octanol–water partition coefficient (Wildman–Crippen LogP) is 1.18. The van der Waals surface area contributed by atoms with Crippen LogP contribution in [0.4, 0.5) is 4.79 Å². The van der Waals surface area contributed by atoms with Crippen LogP contribution in [0.1, 0.15) is 20.8 Å². The molecule has 2 heterocycles. The Labute approximate surface area is 109 Å². The summed E-state index contributed by atoms with van der Waals surface area (Å²) in [4.78, 5) is 15.9. The van der Waals surface area contributed by atoms with Crippen LogP contribution in [0.25, 0.3) is 0 Å². The van der Waals surface area contributed by atoms with Crippen molar-refractivity contribution in [3.8, 4) is 0 Å². The summed E-state index contributed by atoms with van der Waals surface area (Å²) in [6.07, 6.45) is -0.187. The van der Waals surface area contributed by atoms with Crippen LogP contribution in [0.2, 0.25) is 0 Å². The molecule has 2 aliphatic rings. The van der Waals surface area contributed by atoms with Gasteiger partial charge in [0.2, 0.25) is 0 Å². The topological polar surface area (TPSA) is 42.0 Å². The molecule has 0 atom stereocenters. The van der Waals surface area contributed by atoms with Gasteiger partial charge in [-0.2, -0.15) is 0 Å². The summed E-state index contributed by atoms with van der Waals surface area (Å²) < 4.78 is 10.5. The Kier molecular flexibility index (Phi) is 3.82. The normalized spacial score (nSPS) is 21.7. The van der Waals surface area contributed by atoms with Crippen LogP contribution < -0.4 is 0 Å². The highest BCUT2D eigenvalue weighted by molar-refractivity contribution is 5.69. The van der Waals surface area contributed by atoms with E-state index in [2.05, 4.69) is 11.9 Å². The first-order valence-electron chi connectivity index (χ1n) is 6.61. The molecule has 0 bridgehead atoms. The first-order valence-corrected chi connectivity index (χ1v) is 6.61. The minimum Gasteiger partial charge on any atom is -0.444 e. The van der Waals surface area contributed by atoms with Gasteiger partial charge in [0, 0.05) is 25.6 Å².